The lowest BCUT2D eigenvalue weighted by atomic mass is 10.4. The maximum absolute atomic E-state index is 4.05. The molecule has 1 heteroatoms. The summed E-state index contributed by atoms with van der Waals surface area (Å²) < 4.78 is 0. The van der Waals surface area contributed by atoms with Crippen LogP contribution in [0, 0.1) is 0 Å². The van der Waals surface area contributed by atoms with Gasteiger partial charge in [-0.1, -0.05) is 26.8 Å². The van der Waals surface area contributed by atoms with E-state index in [0.29, 0.717) is 0 Å². The number of hydrogen-bond donors (Lipinski definition) is 0. The van der Waals surface area contributed by atoms with Crippen LogP contribution in [0.15, 0.2) is 16.8 Å². The molecule has 0 aliphatic carbocycles. The van der Waals surface area contributed by atoms with Crippen molar-refractivity contribution in [2.24, 2.45) is 4.99 Å². The first-order valence-corrected chi connectivity index (χ1v) is 3.96. The minimum atomic E-state index is 1.07. The molecule has 0 bridgehead atoms. The summed E-state index contributed by atoms with van der Waals surface area (Å²) in [7, 11) is 0. The van der Waals surface area contributed by atoms with Crippen molar-refractivity contribution in [1.82, 2.24) is 0 Å². The Bertz CT molecular complexity index is 101. The Balaban J connectivity index is 0. The van der Waals surface area contributed by atoms with Gasteiger partial charge in [0.2, 0.25) is 0 Å². The molecule has 0 rings (SSSR count). The van der Waals surface area contributed by atoms with E-state index in [0.717, 1.165) is 12.1 Å². The lowest BCUT2D eigenvalue weighted by Gasteiger charge is -1.85. The molecule has 0 N–H and O–H groups in total. The van der Waals surface area contributed by atoms with Gasteiger partial charge in [-0.05, 0) is 20.3 Å². The van der Waals surface area contributed by atoms with E-state index in [1.54, 1.807) is 0 Å². The van der Waals surface area contributed by atoms with Gasteiger partial charge in [-0.15, -0.1) is 0 Å². The highest BCUT2D eigenvalue weighted by atomic mass is 14.7. The topological polar surface area (TPSA) is 12.4 Å². The quantitative estimate of drug-likeness (QED) is 0.522. The second-order valence-corrected chi connectivity index (χ2v) is 1.64. The van der Waals surface area contributed by atoms with Crippen LogP contribution in [-0.2, 0) is 0 Å². The maximum atomic E-state index is 4.05. The zero-order valence-corrected chi connectivity index (χ0v) is 7.81. The van der Waals surface area contributed by atoms with E-state index in [2.05, 4.69) is 18.0 Å². The van der Waals surface area contributed by atoms with Crippen LogP contribution in [0.3, 0.4) is 0 Å². The first-order chi connectivity index (χ1) is 4.81. The standard InChI is InChI=1S/C7H13N.C2H6/c1-4-6-7(3)8-5-2;1-2/h5-6H,4H2,1-3H3;1-2H3/b7-6-,8-5?;. The third-order valence-corrected chi connectivity index (χ3v) is 0.832. The van der Waals surface area contributed by atoms with E-state index in [1.165, 1.54) is 0 Å². The summed E-state index contributed by atoms with van der Waals surface area (Å²) in [6, 6.07) is 0. The van der Waals surface area contributed by atoms with Crippen molar-refractivity contribution in [1.29, 1.82) is 0 Å². The Hall–Kier alpha value is -0.590. The second kappa shape index (κ2) is 11.2. The van der Waals surface area contributed by atoms with Crippen LogP contribution in [0.25, 0.3) is 0 Å². The van der Waals surface area contributed by atoms with Gasteiger partial charge in [-0.3, -0.25) is 4.99 Å². The lowest BCUT2D eigenvalue weighted by molar-refractivity contribution is 1.16. The monoisotopic (exact) mass is 141 g/mol. The van der Waals surface area contributed by atoms with Gasteiger partial charge in [-0.2, -0.15) is 0 Å². The highest BCUT2D eigenvalue weighted by Gasteiger charge is 1.74. The van der Waals surface area contributed by atoms with E-state index < -0.39 is 0 Å². The summed E-state index contributed by atoms with van der Waals surface area (Å²) in [4.78, 5) is 4.05. The molecule has 0 spiro atoms. The van der Waals surface area contributed by atoms with Crippen LogP contribution in [0.2, 0.25) is 0 Å². The Morgan fingerprint density at radius 1 is 1.40 bits per heavy atom. The van der Waals surface area contributed by atoms with Gasteiger partial charge >= 0.3 is 0 Å². The zero-order chi connectivity index (χ0) is 8.41. The number of hydrogen-bond acceptors (Lipinski definition) is 1. The molecule has 0 aromatic rings. The smallest absolute Gasteiger partial charge is 0.0328 e. The molecular formula is C9H19N. The summed E-state index contributed by atoms with van der Waals surface area (Å²) in [6.45, 7) is 10.0. The molecule has 0 aliphatic heterocycles. The Morgan fingerprint density at radius 3 is 2.20 bits per heavy atom. The van der Waals surface area contributed by atoms with E-state index in [9.17, 15) is 0 Å². The molecule has 0 saturated heterocycles. The van der Waals surface area contributed by atoms with E-state index in [1.807, 2.05) is 33.9 Å². The summed E-state index contributed by atoms with van der Waals surface area (Å²) in [5, 5.41) is 0. The Morgan fingerprint density at radius 2 is 1.90 bits per heavy atom. The normalized spacial score (nSPS) is 11.1. The molecule has 0 aromatic heterocycles. The fourth-order valence-electron chi connectivity index (χ4n) is 0.552. The molecule has 0 heterocycles. The predicted octanol–water partition coefficient (Wildman–Crippen LogP) is 3.42. The molecule has 1 nitrogen and oxygen atoms in total. The van der Waals surface area contributed by atoms with Crippen molar-refractivity contribution in [3.8, 4) is 0 Å². The number of nitrogens with zero attached hydrogens (tertiary/aromatic N) is 1. The lowest BCUT2D eigenvalue weighted by Crippen LogP contribution is -1.67. The number of allylic oxidation sites excluding steroid dienone is 2. The van der Waals surface area contributed by atoms with Crippen LogP contribution >= 0.6 is 0 Å². The summed E-state index contributed by atoms with van der Waals surface area (Å²) in [6.07, 6.45) is 4.98. The average molecular weight is 141 g/mol. The molecule has 0 unspecified atom stereocenters. The molecule has 0 aromatic carbocycles. The highest BCUT2D eigenvalue weighted by Crippen LogP contribution is 1.93. The molecule has 0 fully saturated rings. The molecular weight excluding hydrogens is 122 g/mol. The molecule has 10 heavy (non-hydrogen) atoms. The van der Waals surface area contributed by atoms with Gasteiger partial charge in [0.25, 0.3) is 0 Å². The fourth-order valence-corrected chi connectivity index (χ4v) is 0.552. The fraction of sp³-hybridized carbons (Fsp3) is 0.667. The summed E-state index contributed by atoms with van der Waals surface area (Å²) in [5.74, 6) is 0. The number of aliphatic imine (C=N–C) groups is 1. The van der Waals surface area contributed by atoms with Crippen LogP contribution in [0.1, 0.15) is 41.0 Å². The van der Waals surface area contributed by atoms with E-state index in [4.69, 9.17) is 0 Å². The molecule has 0 aliphatic rings. The van der Waals surface area contributed by atoms with Crippen LogP contribution in [0.4, 0.5) is 0 Å². The van der Waals surface area contributed by atoms with Gasteiger partial charge in [0, 0.05) is 11.9 Å². The van der Waals surface area contributed by atoms with E-state index in [-0.39, 0.29) is 0 Å². The van der Waals surface area contributed by atoms with Crippen molar-refractivity contribution in [3.63, 3.8) is 0 Å². The largest absolute Gasteiger partial charge is 0.267 e. The van der Waals surface area contributed by atoms with Crippen LogP contribution < -0.4 is 0 Å². The van der Waals surface area contributed by atoms with Gasteiger partial charge in [-0.25, -0.2) is 0 Å². The van der Waals surface area contributed by atoms with Gasteiger partial charge in [0.15, 0.2) is 0 Å². The molecule has 60 valence electrons. The second-order valence-electron chi connectivity index (χ2n) is 1.64. The molecule has 0 saturated carbocycles. The third kappa shape index (κ3) is 10.4. The summed E-state index contributed by atoms with van der Waals surface area (Å²) in [5.41, 5.74) is 1.11. The zero-order valence-electron chi connectivity index (χ0n) is 7.81. The first kappa shape index (κ1) is 12.1. The maximum Gasteiger partial charge on any atom is 0.0328 e. The highest BCUT2D eigenvalue weighted by molar-refractivity contribution is 5.55. The first-order valence-electron chi connectivity index (χ1n) is 3.96. The van der Waals surface area contributed by atoms with Crippen molar-refractivity contribution in [2.45, 2.75) is 41.0 Å². The molecule has 0 amide bonds. The molecule has 0 atom stereocenters. The van der Waals surface area contributed by atoms with Crippen molar-refractivity contribution in [2.75, 3.05) is 0 Å². The minimum absolute atomic E-state index is 1.07. The van der Waals surface area contributed by atoms with Crippen LogP contribution in [-0.4, -0.2) is 6.21 Å². The Labute approximate surface area is 64.9 Å². The SMILES string of the molecule is CC.CC=N/C(C)=C\CC. The van der Waals surface area contributed by atoms with Crippen LogP contribution in [0.5, 0.6) is 0 Å². The van der Waals surface area contributed by atoms with E-state index >= 15 is 0 Å². The van der Waals surface area contributed by atoms with Crippen molar-refractivity contribution < 1.29 is 0 Å². The Kier molecular flexibility index (Phi) is 13.6. The van der Waals surface area contributed by atoms with Crippen molar-refractivity contribution >= 4 is 6.21 Å². The molecule has 0 radical (unpaired) electrons. The summed E-state index contributed by atoms with van der Waals surface area (Å²) >= 11 is 0. The predicted molar refractivity (Wildman–Crippen MR) is 49.6 cm³/mol. The third-order valence-electron chi connectivity index (χ3n) is 0.832. The van der Waals surface area contributed by atoms with Gasteiger partial charge in [0.1, 0.15) is 0 Å². The minimum Gasteiger partial charge on any atom is -0.267 e. The van der Waals surface area contributed by atoms with Gasteiger partial charge < -0.3 is 0 Å². The van der Waals surface area contributed by atoms with Crippen molar-refractivity contribution in [3.05, 3.63) is 11.8 Å². The average Bonchev–Trinajstić information content (AvgIpc) is 1.93. The van der Waals surface area contributed by atoms with Gasteiger partial charge in [0.05, 0.1) is 0 Å². The number of rotatable bonds is 2.